The summed E-state index contributed by atoms with van der Waals surface area (Å²) in [5.74, 6) is -0.491. The van der Waals surface area contributed by atoms with Crippen LogP contribution in [0.15, 0.2) is 48.6 Å². The molecule has 0 saturated carbocycles. The van der Waals surface area contributed by atoms with Gasteiger partial charge in [0.25, 0.3) is 0 Å². The fourth-order valence-corrected chi connectivity index (χ4v) is 8.03. The van der Waals surface area contributed by atoms with Gasteiger partial charge in [-0.05, 0) is 44.9 Å². The van der Waals surface area contributed by atoms with Gasteiger partial charge in [0.1, 0.15) is 6.10 Å². The van der Waals surface area contributed by atoms with Gasteiger partial charge >= 0.3 is 5.97 Å². The Morgan fingerprint density at radius 1 is 0.492 bits per heavy atom. The highest BCUT2D eigenvalue weighted by molar-refractivity contribution is 5.77. The number of hydrogen-bond donors (Lipinski definition) is 3. The van der Waals surface area contributed by atoms with Crippen LogP contribution in [0.5, 0.6) is 0 Å². The Labute approximate surface area is 378 Å². The minimum atomic E-state index is -0.790. The first-order chi connectivity index (χ1) is 30.0. The van der Waals surface area contributed by atoms with Crippen molar-refractivity contribution in [2.24, 2.45) is 0 Å². The monoisotopic (exact) mass is 856 g/mol. The molecule has 3 unspecified atom stereocenters. The van der Waals surface area contributed by atoms with E-state index in [1.807, 2.05) is 18.2 Å². The molecule has 3 N–H and O–H groups in total. The molecule has 61 heavy (non-hydrogen) atoms. The van der Waals surface area contributed by atoms with E-state index in [4.69, 9.17) is 4.74 Å². The van der Waals surface area contributed by atoms with Gasteiger partial charge in [0, 0.05) is 6.42 Å². The zero-order valence-corrected chi connectivity index (χ0v) is 40.5. The summed E-state index contributed by atoms with van der Waals surface area (Å²) >= 11 is 0. The SMILES string of the molecule is CC/C=C/C=C/C=C/C=C\CCCCCCCC(=O)OC(CCCCCCCCCCCCCCCCCC)CC(=O)NC(CO)C(O)CCCCCCCCCCCCC. The van der Waals surface area contributed by atoms with Gasteiger partial charge in [-0.2, -0.15) is 0 Å². The molecule has 0 aliphatic carbocycles. The molecule has 0 aliphatic heterocycles. The number of esters is 1. The summed E-state index contributed by atoms with van der Waals surface area (Å²) in [5, 5.41) is 23.8. The number of hydrogen-bond acceptors (Lipinski definition) is 5. The third-order valence-corrected chi connectivity index (χ3v) is 12.0. The maximum absolute atomic E-state index is 13.2. The van der Waals surface area contributed by atoms with E-state index < -0.39 is 18.2 Å². The zero-order valence-electron chi connectivity index (χ0n) is 40.5. The highest BCUT2D eigenvalue weighted by Gasteiger charge is 2.24. The Balaban J connectivity index is 4.60. The first kappa shape index (κ1) is 58.8. The number of nitrogens with one attached hydrogen (secondary N) is 1. The molecule has 0 aliphatic rings. The van der Waals surface area contributed by atoms with Gasteiger partial charge in [-0.25, -0.2) is 0 Å². The number of unbranched alkanes of at least 4 members (excludes halogenated alkanes) is 30. The van der Waals surface area contributed by atoms with E-state index in [0.717, 1.165) is 77.0 Å². The molecule has 0 aromatic carbocycles. The molecule has 0 heterocycles. The molecule has 0 bridgehead atoms. The molecule has 356 valence electrons. The molecule has 0 radical (unpaired) electrons. The van der Waals surface area contributed by atoms with Crippen LogP contribution in [-0.4, -0.2) is 46.9 Å². The number of carbonyl (C=O) groups is 2. The second kappa shape index (κ2) is 48.8. The smallest absolute Gasteiger partial charge is 0.306 e. The first-order valence-electron chi connectivity index (χ1n) is 26.4. The molecule has 0 saturated heterocycles. The predicted molar refractivity (Wildman–Crippen MR) is 264 cm³/mol. The standard InChI is InChI=1S/C55H101NO5/c1-4-7-10-13-16-19-22-24-26-28-29-32-34-37-40-43-46-51(61-55(60)48-45-42-39-36-33-30-27-25-23-20-17-14-11-8-5-2)49-54(59)56-52(50-57)53(58)47-44-41-38-35-31-21-18-15-12-9-6-3/h8,11,14,17,20,23,25,27,51-53,57-58H,4-7,9-10,12-13,15-16,18-19,21-22,24,26,28-50H2,1-3H3,(H,56,59)/b11-8+,17-14+,23-20+,27-25-. The number of aliphatic hydroxyl groups is 2. The van der Waals surface area contributed by atoms with Gasteiger partial charge in [-0.15, -0.1) is 0 Å². The van der Waals surface area contributed by atoms with Crippen molar-refractivity contribution >= 4 is 11.9 Å². The number of carbonyl (C=O) groups excluding carboxylic acids is 2. The van der Waals surface area contributed by atoms with Crippen LogP contribution in [0, 0.1) is 0 Å². The van der Waals surface area contributed by atoms with Gasteiger partial charge in [0.2, 0.25) is 5.91 Å². The van der Waals surface area contributed by atoms with Crippen LogP contribution in [0.4, 0.5) is 0 Å². The second-order valence-corrected chi connectivity index (χ2v) is 18.0. The molecular formula is C55H101NO5. The lowest BCUT2D eigenvalue weighted by Crippen LogP contribution is -2.46. The predicted octanol–water partition coefficient (Wildman–Crippen LogP) is 15.8. The van der Waals surface area contributed by atoms with Gasteiger partial charge < -0.3 is 20.3 Å². The van der Waals surface area contributed by atoms with Crippen molar-refractivity contribution in [3.63, 3.8) is 0 Å². The Hall–Kier alpha value is -2.18. The molecule has 0 fully saturated rings. The van der Waals surface area contributed by atoms with E-state index in [2.05, 4.69) is 56.5 Å². The number of allylic oxidation sites excluding steroid dienone is 8. The minimum absolute atomic E-state index is 0.0705. The summed E-state index contributed by atoms with van der Waals surface area (Å²) in [7, 11) is 0. The third-order valence-electron chi connectivity index (χ3n) is 12.0. The Morgan fingerprint density at radius 2 is 0.885 bits per heavy atom. The van der Waals surface area contributed by atoms with E-state index in [9.17, 15) is 19.8 Å². The lowest BCUT2D eigenvalue weighted by Gasteiger charge is -2.24. The van der Waals surface area contributed by atoms with Crippen molar-refractivity contribution in [3.05, 3.63) is 48.6 Å². The maximum Gasteiger partial charge on any atom is 0.306 e. The molecule has 0 spiro atoms. The topological polar surface area (TPSA) is 95.9 Å². The maximum atomic E-state index is 13.2. The van der Waals surface area contributed by atoms with Gasteiger partial charge in [-0.1, -0.05) is 256 Å². The van der Waals surface area contributed by atoms with Crippen molar-refractivity contribution in [2.45, 2.75) is 283 Å². The van der Waals surface area contributed by atoms with Gasteiger partial charge in [0.15, 0.2) is 0 Å². The van der Waals surface area contributed by atoms with Crippen molar-refractivity contribution < 1.29 is 24.5 Å². The fraction of sp³-hybridized carbons (Fsp3) is 0.818. The van der Waals surface area contributed by atoms with Gasteiger partial charge in [-0.3, -0.25) is 9.59 Å². The molecule has 6 heteroatoms. The average molecular weight is 856 g/mol. The van der Waals surface area contributed by atoms with Crippen molar-refractivity contribution in [3.8, 4) is 0 Å². The van der Waals surface area contributed by atoms with Crippen molar-refractivity contribution in [1.29, 1.82) is 0 Å². The summed E-state index contributed by atoms with van der Waals surface area (Å²) < 4.78 is 5.94. The Morgan fingerprint density at radius 3 is 1.34 bits per heavy atom. The molecule has 6 nitrogen and oxygen atoms in total. The third kappa shape index (κ3) is 44.2. The largest absolute Gasteiger partial charge is 0.462 e. The molecule has 0 aromatic heterocycles. The summed E-state index contributed by atoms with van der Waals surface area (Å²) in [6.45, 7) is 6.35. The Bertz CT molecular complexity index is 1050. The number of amides is 1. The van der Waals surface area contributed by atoms with E-state index in [0.29, 0.717) is 19.3 Å². The van der Waals surface area contributed by atoms with Crippen LogP contribution in [0.2, 0.25) is 0 Å². The fourth-order valence-electron chi connectivity index (χ4n) is 8.03. The summed E-state index contributed by atoms with van der Waals surface area (Å²) in [6.07, 6.45) is 58.8. The highest BCUT2D eigenvalue weighted by atomic mass is 16.5. The molecular weight excluding hydrogens is 755 g/mol. The van der Waals surface area contributed by atoms with Crippen molar-refractivity contribution in [1.82, 2.24) is 5.32 Å². The van der Waals surface area contributed by atoms with Crippen LogP contribution in [0.3, 0.4) is 0 Å². The second-order valence-electron chi connectivity index (χ2n) is 18.0. The Kier molecular flexibility index (Phi) is 47.1. The van der Waals surface area contributed by atoms with Gasteiger partial charge in [0.05, 0.1) is 25.2 Å². The normalized spacial score (nSPS) is 13.6. The number of ether oxygens (including phenoxy) is 1. The quantitative estimate of drug-likeness (QED) is 0.0322. The minimum Gasteiger partial charge on any atom is -0.462 e. The van der Waals surface area contributed by atoms with Crippen LogP contribution >= 0.6 is 0 Å². The van der Waals surface area contributed by atoms with Crippen LogP contribution in [-0.2, 0) is 14.3 Å². The van der Waals surface area contributed by atoms with Crippen LogP contribution in [0.25, 0.3) is 0 Å². The molecule has 3 atom stereocenters. The number of rotatable bonds is 47. The lowest BCUT2D eigenvalue weighted by atomic mass is 10.0. The van der Waals surface area contributed by atoms with E-state index >= 15 is 0 Å². The zero-order chi connectivity index (χ0) is 44.5. The summed E-state index contributed by atoms with van der Waals surface area (Å²) in [6, 6.07) is -0.704. The van der Waals surface area contributed by atoms with E-state index in [-0.39, 0.29) is 24.9 Å². The van der Waals surface area contributed by atoms with E-state index in [1.54, 1.807) is 0 Å². The molecule has 0 rings (SSSR count). The lowest BCUT2D eigenvalue weighted by molar-refractivity contribution is -0.151. The summed E-state index contributed by atoms with van der Waals surface area (Å²) in [5.41, 5.74) is 0. The first-order valence-corrected chi connectivity index (χ1v) is 26.4. The average Bonchev–Trinajstić information content (AvgIpc) is 3.25. The summed E-state index contributed by atoms with van der Waals surface area (Å²) in [4.78, 5) is 26.2. The van der Waals surface area contributed by atoms with Crippen LogP contribution < -0.4 is 5.32 Å². The molecule has 1 amide bonds. The highest BCUT2D eigenvalue weighted by Crippen LogP contribution is 2.18. The molecule has 0 aromatic rings. The van der Waals surface area contributed by atoms with Crippen LogP contribution in [0.1, 0.15) is 265 Å². The number of aliphatic hydroxyl groups excluding tert-OH is 2. The van der Waals surface area contributed by atoms with E-state index in [1.165, 1.54) is 141 Å². The van der Waals surface area contributed by atoms with Crippen molar-refractivity contribution in [2.75, 3.05) is 6.61 Å².